The lowest BCUT2D eigenvalue weighted by molar-refractivity contribution is 0.163. The highest BCUT2D eigenvalue weighted by Crippen LogP contribution is 2.31. The molecule has 3 heteroatoms. The van der Waals surface area contributed by atoms with Crippen LogP contribution in [0.25, 0.3) is 0 Å². The second-order valence-electron chi connectivity index (χ2n) is 4.65. The maximum atomic E-state index is 10.3. The van der Waals surface area contributed by atoms with Crippen LogP contribution in [0, 0.1) is 0 Å². The summed E-state index contributed by atoms with van der Waals surface area (Å²) in [5.74, 6) is 1.38. The van der Waals surface area contributed by atoms with Gasteiger partial charge in [0.15, 0.2) is 0 Å². The van der Waals surface area contributed by atoms with Crippen LogP contribution in [0.2, 0.25) is 0 Å². The predicted molar refractivity (Wildman–Crippen MR) is 79.3 cm³/mol. The minimum Gasteiger partial charge on any atom is -0.497 e. The van der Waals surface area contributed by atoms with Gasteiger partial charge >= 0.3 is 0 Å². The lowest BCUT2D eigenvalue weighted by Gasteiger charge is -2.15. The summed E-state index contributed by atoms with van der Waals surface area (Å²) in [4.78, 5) is 0. The van der Waals surface area contributed by atoms with E-state index in [9.17, 15) is 5.11 Å². The molecule has 0 saturated heterocycles. The molecule has 106 valence electrons. The minimum atomic E-state index is -0.545. The molecule has 2 aromatic carbocycles. The van der Waals surface area contributed by atoms with Crippen molar-refractivity contribution in [1.29, 1.82) is 0 Å². The molecule has 0 aliphatic carbocycles. The number of rotatable bonds is 6. The molecule has 0 saturated carbocycles. The normalized spacial score (nSPS) is 11.9. The summed E-state index contributed by atoms with van der Waals surface area (Å²) in [5.41, 5.74) is 2.02. The van der Waals surface area contributed by atoms with Crippen LogP contribution < -0.4 is 9.47 Å². The van der Waals surface area contributed by atoms with Gasteiger partial charge in [0.25, 0.3) is 0 Å². The van der Waals surface area contributed by atoms with Gasteiger partial charge in [-0.15, -0.1) is 0 Å². The third kappa shape index (κ3) is 3.52. The Morgan fingerprint density at radius 3 is 2.40 bits per heavy atom. The van der Waals surface area contributed by atoms with Gasteiger partial charge in [-0.25, -0.2) is 0 Å². The average molecular weight is 272 g/mol. The van der Waals surface area contributed by atoms with Crippen LogP contribution in [0.4, 0.5) is 0 Å². The molecule has 2 rings (SSSR count). The first-order valence-electron chi connectivity index (χ1n) is 6.68. The van der Waals surface area contributed by atoms with Crippen molar-refractivity contribution in [2.75, 3.05) is 14.2 Å². The number of aliphatic hydroxyl groups is 1. The zero-order valence-electron chi connectivity index (χ0n) is 11.9. The highest BCUT2D eigenvalue weighted by atomic mass is 16.5. The van der Waals surface area contributed by atoms with Crippen molar-refractivity contribution in [3.63, 3.8) is 0 Å². The van der Waals surface area contributed by atoms with E-state index in [0.717, 1.165) is 17.7 Å². The first-order chi connectivity index (χ1) is 9.74. The van der Waals surface area contributed by atoms with Crippen molar-refractivity contribution in [3.05, 3.63) is 59.7 Å². The zero-order chi connectivity index (χ0) is 14.4. The summed E-state index contributed by atoms with van der Waals surface area (Å²) in [6.45, 7) is 0. The van der Waals surface area contributed by atoms with Gasteiger partial charge in [0.2, 0.25) is 0 Å². The van der Waals surface area contributed by atoms with Gasteiger partial charge in [-0.05, 0) is 30.5 Å². The molecule has 2 aromatic rings. The smallest absolute Gasteiger partial charge is 0.128 e. The number of ether oxygens (including phenoxy) is 2. The fourth-order valence-corrected chi connectivity index (χ4v) is 2.20. The largest absolute Gasteiger partial charge is 0.497 e. The maximum Gasteiger partial charge on any atom is 0.128 e. The Hall–Kier alpha value is -2.00. The molecule has 1 atom stereocenters. The highest BCUT2D eigenvalue weighted by Gasteiger charge is 2.14. The standard InChI is InChI=1S/C17H20O3/c1-19-14-9-10-15(17(12-14)20-2)16(18)11-8-13-6-4-3-5-7-13/h3-7,9-10,12,16,18H,8,11H2,1-2H3. The summed E-state index contributed by atoms with van der Waals surface area (Å²) >= 11 is 0. The monoisotopic (exact) mass is 272 g/mol. The van der Waals surface area contributed by atoms with Gasteiger partial charge in [-0.2, -0.15) is 0 Å². The van der Waals surface area contributed by atoms with Gasteiger partial charge in [0.1, 0.15) is 11.5 Å². The summed E-state index contributed by atoms with van der Waals surface area (Å²) in [7, 11) is 3.21. The van der Waals surface area contributed by atoms with Crippen LogP contribution in [0.5, 0.6) is 11.5 Å². The van der Waals surface area contributed by atoms with E-state index in [2.05, 4.69) is 12.1 Å². The van der Waals surface area contributed by atoms with Crippen molar-refractivity contribution in [2.24, 2.45) is 0 Å². The van der Waals surface area contributed by atoms with Crippen LogP contribution in [0.3, 0.4) is 0 Å². The molecule has 0 amide bonds. The SMILES string of the molecule is COc1ccc(C(O)CCc2ccccc2)c(OC)c1. The summed E-state index contributed by atoms with van der Waals surface area (Å²) < 4.78 is 10.5. The van der Waals surface area contributed by atoms with Crippen molar-refractivity contribution in [1.82, 2.24) is 0 Å². The molecule has 0 aliphatic heterocycles. The van der Waals surface area contributed by atoms with E-state index in [1.165, 1.54) is 5.56 Å². The van der Waals surface area contributed by atoms with Gasteiger partial charge in [0.05, 0.1) is 20.3 Å². The number of aryl methyl sites for hydroxylation is 1. The second kappa shape index (κ2) is 6.96. The topological polar surface area (TPSA) is 38.7 Å². The number of hydrogen-bond donors (Lipinski definition) is 1. The molecule has 0 aliphatic rings. The quantitative estimate of drug-likeness (QED) is 0.876. The fourth-order valence-electron chi connectivity index (χ4n) is 2.20. The summed E-state index contributed by atoms with van der Waals surface area (Å²) in [6.07, 6.45) is 0.945. The van der Waals surface area contributed by atoms with E-state index in [-0.39, 0.29) is 0 Å². The van der Waals surface area contributed by atoms with E-state index in [4.69, 9.17) is 9.47 Å². The molecule has 1 N–H and O–H groups in total. The molecule has 0 bridgehead atoms. The molecule has 3 nitrogen and oxygen atoms in total. The third-order valence-corrected chi connectivity index (χ3v) is 3.35. The Balaban J connectivity index is 2.07. The molecule has 0 fully saturated rings. The zero-order valence-corrected chi connectivity index (χ0v) is 11.9. The Morgan fingerprint density at radius 1 is 1.00 bits per heavy atom. The van der Waals surface area contributed by atoms with Crippen molar-refractivity contribution in [2.45, 2.75) is 18.9 Å². The first kappa shape index (κ1) is 14.4. The number of aliphatic hydroxyl groups excluding tert-OH is 1. The number of hydrogen-bond acceptors (Lipinski definition) is 3. The van der Waals surface area contributed by atoms with E-state index in [1.807, 2.05) is 30.3 Å². The highest BCUT2D eigenvalue weighted by molar-refractivity contribution is 5.42. The first-order valence-corrected chi connectivity index (χ1v) is 6.68. The van der Waals surface area contributed by atoms with Gasteiger partial charge in [-0.1, -0.05) is 30.3 Å². The van der Waals surface area contributed by atoms with Gasteiger partial charge in [-0.3, -0.25) is 0 Å². The fraction of sp³-hybridized carbons (Fsp3) is 0.294. The van der Waals surface area contributed by atoms with Gasteiger partial charge < -0.3 is 14.6 Å². The van der Waals surface area contributed by atoms with Crippen LogP contribution in [0.1, 0.15) is 23.7 Å². The van der Waals surface area contributed by atoms with E-state index in [1.54, 1.807) is 20.3 Å². The minimum absolute atomic E-state index is 0.545. The molecule has 0 radical (unpaired) electrons. The summed E-state index contributed by atoms with van der Waals surface area (Å²) in [5, 5.41) is 10.3. The number of benzene rings is 2. The van der Waals surface area contributed by atoms with E-state index < -0.39 is 6.10 Å². The molecule has 0 heterocycles. The Morgan fingerprint density at radius 2 is 1.75 bits per heavy atom. The maximum absolute atomic E-state index is 10.3. The molecular weight excluding hydrogens is 252 g/mol. The Bertz CT molecular complexity index is 537. The van der Waals surface area contributed by atoms with Crippen molar-refractivity contribution >= 4 is 0 Å². The van der Waals surface area contributed by atoms with Crippen LogP contribution in [0.15, 0.2) is 48.5 Å². The Kier molecular flexibility index (Phi) is 5.02. The van der Waals surface area contributed by atoms with Crippen LogP contribution >= 0.6 is 0 Å². The lowest BCUT2D eigenvalue weighted by Crippen LogP contribution is -2.02. The van der Waals surface area contributed by atoms with Crippen molar-refractivity contribution in [3.8, 4) is 11.5 Å². The molecule has 1 unspecified atom stereocenters. The second-order valence-corrected chi connectivity index (χ2v) is 4.65. The van der Waals surface area contributed by atoms with Crippen LogP contribution in [-0.4, -0.2) is 19.3 Å². The van der Waals surface area contributed by atoms with Crippen molar-refractivity contribution < 1.29 is 14.6 Å². The third-order valence-electron chi connectivity index (χ3n) is 3.35. The predicted octanol–water partition coefficient (Wildman–Crippen LogP) is 3.37. The van der Waals surface area contributed by atoms with E-state index in [0.29, 0.717) is 12.2 Å². The van der Waals surface area contributed by atoms with E-state index >= 15 is 0 Å². The van der Waals surface area contributed by atoms with Crippen LogP contribution in [-0.2, 0) is 6.42 Å². The van der Waals surface area contributed by atoms with Gasteiger partial charge in [0, 0.05) is 11.6 Å². The molecule has 0 aromatic heterocycles. The summed E-state index contributed by atoms with van der Waals surface area (Å²) in [6, 6.07) is 15.6. The average Bonchev–Trinajstić information content (AvgIpc) is 2.52. The molecule has 0 spiro atoms. The molecule has 20 heavy (non-hydrogen) atoms. The number of methoxy groups -OCH3 is 2. The molecular formula is C17H20O3. The Labute approximate surface area is 119 Å². The lowest BCUT2D eigenvalue weighted by atomic mass is 10.0.